The third-order valence-corrected chi connectivity index (χ3v) is 2.86. The van der Waals surface area contributed by atoms with Gasteiger partial charge in [0, 0.05) is 6.20 Å². The number of ether oxygens (including phenoxy) is 1. The van der Waals surface area contributed by atoms with E-state index in [4.69, 9.17) is 0 Å². The third kappa shape index (κ3) is 2.65. The second kappa shape index (κ2) is 5.13. The van der Waals surface area contributed by atoms with Gasteiger partial charge < -0.3 is 4.74 Å². The minimum atomic E-state index is -3.07. The van der Waals surface area contributed by atoms with Crippen LogP contribution in [-0.2, 0) is 0 Å². The third-order valence-electron chi connectivity index (χ3n) is 1.91. The predicted octanol–water partition coefficient (Wildman–Crippen LogP) is 2.76. The van der Waals surface area contributed by atoms with Crippen LogP contribution in [0.15, 0.2) is 18.5 Å². The molecule has 0 unspecified atom stereocenters. The van der Waals surface area contributed by atoms with Crippen LogP contribution in [0.5, 0.6) is 5.88 Å². The van der Waals surface area contributed by atoms with Gasteiger partial charge in [0.2, 0.25) is 5.88 Å². The molecule has 0 N–H and O–H groups in total. The Hall–Kier alpha value is -1.96. The van der Waals surface area contributed by atoms with Crippen LogP contribution in [-0.4, -0.2) is 22.9 Å². The van der Waals surface area contributed by atoms with Gasteiger partial charge in [0.25, 0.3) is 0 Å². The molecule has 0 aliphatic heterocycles. The fraction of sp³-hybridized carbons (Fsp3) is 0.100. The number of halogens is 3. The normalized spacial score (nSPS) is 10.7. The van der Waals surface area contributed by atoms with Crippen molar-refractivity contribution in [2.45, 2.75) is 6.61 Å². The summed E-state index contributed by atoms with van der Waals surface area (Å²) in [6.07, 6.45) is 2.54. The quantitative estimate of drug-likeness (QED) is 0.804. The average Bonchev–Trinajstić information content (AvgIpc) is 2.79. The van der Waals surface area contributed by atoms with Crippen molar-refractivity contribution in [3.8, 4) is 16.3 Å². The molecule has 8 heteroatoms. The van der Waals surface area contributed by atoms with Crippen molar-refractivity contribution in [1.29, 1.82) is 0 Å². The number of alkyl halides is 2. The second-order valence-corrected chi connectivity index (χ2v) is 4.13. The fourth-order valence-electron chi connectivity index (χ4n) is 1.25. The Kier molecular flexibility index (Phi) is 3.56. The summed E-state index contributed by atoms with van der Waals surface area (Å²) in [7, 11) is 0. The highest BCUT2D eigenvalue weighted by Crippen LogP contribution is 2.33. The van der Waals surface area contributed by atoms with Gasteiger partial charge in [-0.25, -0.2) is 14.4 Å². The molecule has 4 nitrogen and oxygen atoms in total. The first-order valence-electron chi connectivity index (χ1n) is 4.62. The highest BCUT2D eigenvalue weighted by Gasteiger charge is 2.16. The molecule has 0 saturated carbocycles. The largest absolute Gasteiger partial charge is 0.416 e. The lowest BCUT2D eigenvalue weighted by Gasteiger charge is -2.07. The molecule has 2 rings (SSSR count). The van der Waals surface area contributed by atoms with Crippen molar-refractivity contribution in [1.82, 2.24) is 9.97 Å². The summed E-state index contributed by atoms with van der Waals surface area (Å²) in [5, 5.41) is 0.150. The maximum atomic E-state index is 13.1. The molecule has 0 spiro atoms. The van der Waals surface area contributed by atoms with Crippen LogP contribution in [0.1, 0.15) is 9.80 Å². The number of pyridine rings is 1. The number of aldehydes is 1. The zero-order valence-electron chi connectivity index (χ0n) is 8.64. The zero-order valence-corrected chi connectivity index (χ0v) is 9.46. The van der Waals surface area contributed by atoms with E-state index in [0.29, 0.717) is 11.2 Å². The summed E-state index contributed by atoms with van der Waals surface area (Å²) < 4.78 is 41.6. The summed E-state index contributed by atoms with van der Waals surface area (Å²) in [6, 6.07) is 0.993. The maximum absolute atomic E-state index is 13.1. The van der Waals surface area contributed by atoms with Gasteiger partial charge >= 0.3 is 6.61 Å². The van der Waals surface area contributed by atoms with Crippen LogP contribution in [0.2, 0.25) is 0 Å². The minimum Gasteiger partial charge on any atom is -0.416 e. The average molecular weight is 274 g/mol. The van der Waals surface area contributed by atoms with E-state index in [9.17, 15) is 18.0 Å². The summed E-state index contributed by atoms with van der Waals surface area (Å²) in [4.78, 5) is 18.0. The van der Waals surface area contributed by atoms with E-state index in [1.807, 2.05) is 0 Å². The van der Waals surface area contributed by atoms with Gasteiger partial charge in [-0.2, -0.15) is 8.78 Å². The second-order valence-electron chi connectivity index (χ2n) is 3.07. The number of thiazole rings is 1. The minimum absolute atomic E-state index is 0.0286. The first-order chi connectivity index (χ1) is 8.60. The van der Waals surface area contributed by atoms with E-state index < -0.39 is 18.3 Å². The van der Waals surface area contributed by atoms with E-state index >= 15 is 0 Å². The Morgan fingerprint density at radius 1 is 1.33 bits per heavy atom. The molecular weight excluding hydrogens is 269 g/mol. The van der Waals surface area contributed by atoms with Crippen LogP contribution in [0.25, 0.3) is 10.4 Å². The SMILES string of the molecule is O=Cc1ncc(-c2cc(F)cnc2OC(F)F)s1. The number of aromatic nitrogens is 2. The lowest BCUT2D eigenvalue weighted by molar-refractivity contribution is -0.0524. The highest BCUT2D eigenvalue weighted by atomic mass is 32.1. The van der Waals surface area contributed by atoms with Crippen LogP contribution >= 0.6 is 11.3 Å². The maximum Gasteiger partial charge on any atom is 0.388 e. The number of nitrogens with zero attached hydrogens (tertiary/aromatic N) is 2. The van der Waals surface area contributed by atoms with E-state index in [-0.39, 0.29) is 10.6 Å². The molecule has 0 aromatic carbocycles. The van der Waals surface area contributed by atoms with Gasteiger partial charge in [-0.15, -0.1) is 11.3 Å². The lowest BCUT2D eigenvalue weighted by atomic mass is 10.2. The Labute approximate surface area is 103 Å². The Morgan fingerprint density at radius 3 is 2.72 bits per heavy atom. The number of carbonyl (C=O) groups excluding carboxylic acids is 1. The van der Waals surface area contributed by atoms with Gasteiger partial charge in [0.1, 0.15) is 5.82 Å². The Morgan fingerprint density at radius 2 is 2.11 bits per heavy atom. The molecule has 18 heavy (non-hydrogen) atoms. The molecular formula is C10H5F3N2O2S. The lowest BCUT2D eigenvalue weighted by Crippen LogP contribution is -2.05. The molecule has 0 radical (unpaired) electrons. The van der Waals surface area contributed by atoms with Gasteiger partial charge in [0.15, 0.2) is 11.3 Å². The first kappa shape index (κ1) is 12.5. The van der Waals surface area contributed by atoms with E-state index in [1.165, 1.54) is 6.20 Å². The van der Waals surface area contributed by atoms with Gasteiger partial charge in [-0.05, 0) is 6.07 Å². The van der Waals surface area contributed by atoms with E-state index in [2.05, 4.69) is 14.7 Å². The van der Waals surface area contributed by atoms with E-state index in [1.54, 1.807) is 0 Å². The van der Waals surface area contributed by atoms with Crippen molar-refractivity contribution >= 4 is 17.6 Å². The first-order valence-corrected chi connectivity index (χ1v) is 5.43. The highest BCUT2D eigenvalue weighted by molar-refractivity contribution is 7.16. The van der Waals surface area contributed by atoms with Crippen molar-refractivity contribution in [2.75, 3.05) is 0 Å². The van der Waals surface area contributed by atoms with Crippen molar-refractivity contribution in [3.63, 3.8) is 0 Å². The van der Waals surface area contributed by atoms with Crippen molar-refractivity contribution in [2.24, 2.45) is 0 Å². The molecule has 2 heterocycles. The molecule has 0 amide bonds. The number of hydrogen-bond acceptors (Lipinski definition) is 5. The van der Waals surface area contributed by atoms with Gasteiger partial charge in [-0.1, -0.05) is 0 Å². The van der Waals surface area contributed by atoms with Crippen LogP contribution < -0.4 is 4.74 Å². The smallest absolute Gasteiger partial charge is 0.388 e. The molecule has 94 valence electrons. The molecule has 0 aliphatic carbocycles. The standard InChI is InChI=1S/C10H5F3N2O2S/c11-5-1-6(7-3-14-8(4-16)18-7)9(15-2-5)17-10(12)13/h1-4,10H. The summed E-state index contributed by atoms with van der Waals surface area (Å²) in [5.41, 5.74) is 0.0286. The van der Waals surface area contributed by atoms with Crippen molar-refractivity contribution < 1.29 is 22.7 Å². The molecule has 0 fully saturated rings. The van der Waals surface area contributed by atoms with Gasteiger partial charge in [0.05, 0.1) is 16.6 Å². The molecule has 2 aromatic rings. The predicted molar refractivity (Wildman–Crippen MR) is 57.3 cm³/mol. The molecule has 0 bridgehead atoms. The number of rotatable bonds is 4. The molecule has 0 atom stereocenters. The topological polar surface area (TPSA) is 52.1 Å². The van der Waals surface area contributed by atoms with E-state index in [0.717, 1.165) is 23.6 Å². The molecule has 2 aromatic heterocycles. The molecule has 0 aliphatic rings. The van der Waals surface area contributed by atoms with Crippen molar-refractivity contribution in [3.05, 3.63) is 29.3 Å². The summed E-state index contributed by atoms with van der Waals surface area (Å²) >= 11 is 0.925. The fourth-order valence-corrected chi connectivity index (χ4v) is 1.99. The Balaban J connectivity index is 2.46. The van der Waals surface area contributed by atoms with Gasteiger partial charge in [-0.3, -0.25) is 4.79 Å². The summed E-state index contributed by atoms with van der Waals surface area (Å²) in [5.74, 6) is -1.11. The number of hydrogen-bond donors (Lipinski definition) is 0. The van der Waals surface area contributed by atoms with Crippen LogP contribution in [0, 0.1) is 5.82 Å². The summed E-state index contributed by atoms with van der Waals surface area (Å²) in [6.45, 7) is -3.07. The Bertz CT molecular complexity index is 574. The monoisotopic (exact) mass is 274 g/mol. The van der Waals surface area contributed by atoms with Crippen LogP contribution in [0.3, 0.4) is 0 Å². The zero-order chi connectivity index (χ0) is 13.1. The number of carbonyl (C=O) groups is 1. The van der Waals surface area contributed by atoms with Crippen LogP contribution in [0.4, 0.5) is 13.2 Å². The molecule has 0 saturated heterocycles.